The number of carboxylic acids is 1. The third kappa shape index (κ3) is 3.58. The highest BCUT2D eigenvalue weighted by Gasteiger charge is 2.18. The number of aryl methyl sites for hydroxylation is 2. The van der Waals surface area contributed by atoms with Crippen molar-refractivity contribution in [3.8, 4) is 0 Å². The van der Waals surface area contributed by atoms with Gasteiger partial charge in [-0.3, -0.25) is 4.79 Å². The van der Waals surface area contributed by atoms with E-state index in [4.69, 9.17) is 5.11 Å². The van der Waals surface area contributed by atoms with Gasteiger partial charge in [0.1, 0.15) is 6.04 Å². The van der Waals surface area contributed by atoms with E-state index in [0.29, 0.717) is 6.42 Å². The Hall–Kier alpha value is -1.84. The maximum Gasteiger partial charge on any atom is 0.326 e. The molecule has 0 saturated carbocycles. The predicted molar refractivity (Wildman–Crippen MR) is 69.5 cm³/mol. The lowest BCUT2D eigenvalue weighted by Gasteiger charge is -2.14. The molecule has 1 aromatic rings. The summed E-state index contributed by atoms with van der Waals surface area (Å²) in [5.41, 5.74) is 3.07. The van der Waals surface area contributed by atoms with Crippen molar-refractivity contribution >= 4 is 11.9 Å². The number of aliphatic carboxylic acids is 1. The van der Waals surface area contributed by atoms with E-state index < -0.39 is 12.0 Å². The zero-order chi connectivity index (χ0) is 13.7. The highest BCUT2D eigenvalue weighted by molar-refractivity contribution is 5.85. The predicted octanol–water partition coefficient (Wildman–Crippen LogP) is 1.83. The van der Waals surface area contributed by atoms with Crippen LogP contribution in [0.4, 0.5) is 0 Å². The third-order valence-corrected chi connectivity index (χ3v) is 3.02. The van der Waals surface area contributed by atoms with Crippen molar-refractivity contribution in [2.45, 2.75) is 39.7 Å². The highest BCUT2D eigenvalue weighted by atomic mass is 16.4. The first-order chi connectivity index (χ1) is 8.45. The van der Waals surface area contributed by atoms with Gasteiger partial charge in [0.15, 0.2) is 0 Å². The lowest BCUT2D eigenvalue weighted by atomic mass is 9.99. The second kappa shape index (κ2) is 6.19. The molecule has 2 N–H and O–H groups in total. The van der Waals surface area contributed by atoms with Gasteiger partial charge in [-0.05, 0) is 37.0 Å². The average molecular weight is 249 g/mol. The fraction of sp³-hybridized carbons (Fsp3) is 0.429. The first-order valence-electron chi connectivity index (χ1n) is 6.03. The Morgan fingerprint density at radius 3 is 2.28 bits per heavy atom. The number of nitrogens with one attached hydrogen (secondary N) is 1. The van der Waals surface area contributed by atoms with Crippen LogP contribution in [0.1, 0.15) is 30.0 Å². The molecule has 1 aromatic carbocycles. The number of amides is 1. The number of benzene rings is 1. The van der Waals surface area contributed by atoms with Gasteiger partial charge in [-0.15, -0.1) is 0 Å². The molecule has 0 fully saturated rings. The summed E-state index contributed by atoms with van der Waals surface area (Å²) in [6, 6.07) is 5.04. The van der Waals surface area contributed by atoms with Crippen LogP contribution >= 0.6 is 0 Å². The summed E-state index contributed by atoms with van der Waals surface area (Å²) in [6.45, 7) is 5.63. The Kier molecular flexibility index (Phi) is 4.89. The summed E-state index contributed by atoms with van der Waals surface area (Å²) in [5.74, 6) is -1.24. The number of carbonyl (C=O) groups excluding carboxylic acids is 1. The second-order valence-electron chi connectivity index (χ2n) is 4.41. The van der Waals surface area contributed by atoms with Gasteiger partial charge < -0.3 is 10.4 Å². The van der Waals surface area contributed by atoms with Crippen molar-refractivity contribution in [2.75, 3.05) is 0 Å². The molecule has 1 atom stereocenters. The molecule has 1 amide bonds. The first-order valence-corrected chi connectivity index (χ1v) is 6.03. The summed E-state index contributed by atoms with van der Waals surface area (Å²) < 4.78 is 0. The Bertz CT molecular complexity index is 434. The average Bonchev–Trinajstić information content (AvgIpc) is 2.30. The van der Waals surface area contributed by atoms with Crippen molar-refractivity contribution in [1.29, 1.82) is 0 Å². The minimum atomic E-state index is -0.993. The minimum absolute atomic E-state index is 0.224. The smallest absolute Gasteiger partial charge is 0.326 e. The molecule has 0 saturated heterocycles. The number of rotatable bonds is 5. The molecular formula is C14H19NO3. The van der Waals surface area contributed by atoms with Crippen LogP contribution in [0, 0.1) is 13.8 Å². The number of carboxylic acid groups (broad SMARTS) is 1. The molecule has 4 heteroatoms. The van der Waals surface area contributed by atoms with E-state index in [9.17, 15) is 9.59 Å². The van der Waals surface area contributed by atoms with Crippen molar-refractivity contribution in [3.63, 3.8) is 0 Å². The molecule has 0 bridgehead atoms. The largest absolute Gasteiger partial charge is 0.480 e. The molecule has 0 aliphatic heterocycles. The normalized spacial score (nSPS) is 11.9. The topological polar surface area (TPSA) is 66.4 Å². The van der Waals surface area contributed by atoms with Crippen LogP contribution in [0.5, 0.6) is 0 Å². The van der Waals surface area contributed by atoms with Gasteiger partial charge in [-0.2, -0.15) is 0 Å². The van der Waals surface area contributed by atoms with Crippen LogP contribution in [-0.4, -0.2) is 23.0 Å². The van der Waals surface area contributed by atoms with Crippen LogP contribution < -0.4 is 5.32 Å². The van der Waals surface area contributed by atoms with Crippen LogP contribution in [0.2, 0.25) is 0 Å². The molecule has 0 aliphatic rings. The zero-order valence-corrected chi connectivity index (χ0v) is 11.0. The fourth-order valence-corrected chi connectivity index (χ4v) is 1.87. The SMILES string of the molecule is CCC(NC(=O)Cc1c(C)cccc1C)C(=O)O. The van der Waals surface area contributed by atoms with Gasteiger partial charge in [0, 0.05) is 0 Å². The van der Waals surface area contributed by atoms with E-state index in [0.717, 1.165) is 16.7 Å². The second-order valence-corrected chi connectivity index (χ2v) is 4.41. The summed E-state index contributed by atoms with van der Waals surface area (Å²) in [6.07, 6.45) is 0.607. The van der Waals surface area contributed by atoms with E-state index in [1.165, 1.54) is 0 Å². The maximum absolute atomic E-state index is 11.8. The third-order valence-electron chi connectivity index (χ3n) is 3.02. The van der Waals surface area contributed by atoms with E-state index in [-0.39, 0.29) is 12.3 Å². The van der Waals surface area contributed by atoms with Gasteiger partial charge >= 0.3 is 5.97 Å². The van der Waals surface area contributed by atoms with Gasteiger partial charge in [0.05, 0.1) is 6.42 Å². The number of carbonyl (C=O) groups is 2. The Morgan fingerprint density at radius 2 is 1.83 bits per heavy atom. The van der Waals surface area contributed by atoms with Crippen molar-refractivity contribution in [1.82, 2.24) is 5.32 Å². The van der Waals surface area contributed by atoms with E-state index in [1.807, 2.05) is 32.0 Å². The summed E-state index contributed by atoms with van der Waals surface area (Å²) in [7, 11) is 0. The molecule has 0 spiro atoms. The Labute approximate surface area is 107 Å². The molecule has 0 heterocycles. The Balaban J connectivity index is 2.73. The standard InChI is InChI=1S/C14H19NO3/c1-4-12(14(17)18)15-13(16)8-11-9(2)6-5-7-10(11)3/h5-7,12H,4,8H2,1-3H3,(H,15,16)(H,17,18). The van der Waals surface area contributed by atoms with Gasteiger partial charge in [-0.25, -0.2) is 4.79 Å². The van der Waals surface area contributed by atoms with E-state index in [1.54, 1.807) is 6.92 Å². The van der Waals surface area contributed by atoms with E-state index >= 15 is 0 Å². The quantitative estimate of drug-likeness (QED) is 0.836. The molecular weight excluding hydrogens is 230 g/mol. The van der Waals surface area contributed by atoms with Crippen LogP contribution in [0.3, 0.4) is 0 Å². The van der Waals surface area contributed by atoms with Crippen LogP contribution in [0.15, 0.2) is 18.2 Å². The van der Waals surface area contributed by atoms with E-state index in [2.05, 4.69) is 5.32 Å². The molecule has 0 aromatic heterocycles. The van der Waals surface area contributed by atoms with Crippen LogP contribution in [0.25, 0.3) is 0 Å². The highest BCUT2D eigenvalue weighted by Crippen LogP contribution is 2.13. The molecule has 1 unspecified atom stereocenters. The van der Waals surface area contributed by atoms with Gasteiger partial charge in [0.25, 0.3) is 0 Å². The number of hydrogen-bond acceptors (Lipinski definition) is 2. The summed E-state index contributed by atoms with van der Waals surface area (Å²) >= 11 is 0. The fourth-order valence-electron chi connectivity index (χ4n) is 1.87. The first kappa shape index (κ1) is 14.2. The lowest BCUT2D eigenvalue weighted by molar-refractivity contribution is -0.141. The Morgan fingerprint density at radius 1 is 1.28 bits per heavy atom. The van der Waals surface area contributed by atoms with Gasteiger partial charge in [-0.1, -0.05) is 25.1 Å². The van der Waals surface area contributed by atoms with Crippen molar-refractivity contribution in [2.24, 2.45) is 0 Å². The van der Waals surface area contributed by atoms with Crippen molar-refractivity contribution < 1.29 is 14.7 Å². The summed E-state index contributed by atoms with van der Waals surface area (Å²) in [4.78, 5) is 22.7. The van der Waals surface area contributed by atoms with Crippen LogP contribution in [-0.2, 0) is 16.0 Å². The molecule has 98 valence electrons. The maximum atomic E-state index is 11.8. The lowest BCUT2D eigenvalue weighted by Crippen LogP contribution is -2.41. The number of hydrogen-bond donors (Lipinski definition) is 2. The molecule has 4 nitrogen and oxygen atoms in total. The molecule has 0 radical (unpaired) electrons. The van der Waals surface area contributed by atoms with Gasteiger partial charge in [0.2, 0.25) is 5.91 Å². The molecule has 1 rings (SSSR count). The zero-order valence-electron chi connectivity index (χ0n) is 11.0. The monoisotopic (exact) mass is 249 g/mol. The minimum Gasteiger partial charge on any atom is -0.480 e. The molecule has 18 heavy (non-hydrogen) atoms. The molecule has 0 aliphatic carbocycles. The van der Waals surface area contributed by atoms with Crippen molar-refractivity contribution in [3.05, 3.63) is 34.9 Å². The summed E-state index contributed by atoms with van der Waals surface area (Å²) in [5, 5.41) is 11.4.